The Labute approximate surface area is 172 Å². The van der Waals surface area contributed by atoms with E-state index in [4.69, 9.17) is 14.2 Å². The average molecular weight is 396 g/mol. The highest BCUT2D eigenvalue weighted by molar-refractivity contribution is 5.92. The fourth-order valence-electron chi connectivity index (χ4n) is 3.65. The monoisotopic (exact) mass is 396 g/mol. The van der Waals surface area contributed by atoms with Gasteiger partial charge < -0.3 is 24.4 Å². The summed E-state index contributed by atoms with van der Waals surface area (Å²) in [5.74, 6) is 1.50. The van der Waals surface area contributed by atoms with E-state index in [0.717, 1.165) is 24.9 Å². The number of nitrogens with one attached hydrogen (secondary N) is 1. The normalized spacial score (nSPS) is 16.1. The third-order valence-electron chi connectivity index (χ3n) is 5.09. The molecule has 1 fully saturated rings. The summed E-state index contributed by atoms with van der Waals surface area (Å²) in [6, 6.07) is 14.3. The molecule has 1 aliphatic heterocycles. The standard InChI is InChI=1S/C23H28N2O4/c1-27-20-14-17(15-21(28-2)23(20)29-3)11-12-22(26)24-16-19-10-7-13-25(19)18-8-5-4-6-9-18/h4-6,8-9,11-12,14-15,19H,7,10,13,16H2,1-3H3,(H,24,26)/b12-11+. The molecule has 1 amide bonds. The van der Waals surface area contributed by atoms with Gasteiger partial charge in [0, 0.05) is 30.9 Å². The minimum Gasteiger partial charge on any atom is -0.493 e. The number of nitrogens with zero attached hydrogens (tertiary/aromatic N) is 1. The van der Waals surface area contributed by atoms with Crippen LogP contribution in [0.1, 0.15) is 18.4 Å². The summed E-state index contributed by atoms with van der Waals surface area (Å²) in [6.07, 6.45) is 5.48. The molecule has 2 aromatic rings. The number of amides is 1. The van der Waals surface area contributed by atoms with Crippen LogP contribution in [-0.2, 0) is 4.79 Å². The van der Waals surface area contributed by atoms with Gasteiger partial charge in [0.1, 0.15) is 0 Å². The van der Waals surface area contributed by atoms with Crippen molar-refractivity contribution in [3.63, 3.8) is 0 Å². The topological polar surface area (TPSA) is 60.0 Å². The summed E-state index contributed by atoms with van der Waals surface area (Å²) >= 11 is 0. The van der Waals surface area contributed by atoms with Gasteiger partial charge in [0.15, 0.2) is 11.5 Å². The quantitative estimate of drug-likeness (QED) is 0.692. The number of carbonyl (C=O) groups is 1. The molecule has 6 heteroatoms. The molecule has 1 N–H and O–H groups in total. The number of hydrogen-bond donors (Lipinski definition) is 1. The molecule has 0 saturated carbocycles. The molecule has 3 rings (SSSR count). The van der Waals surface area contributed by atoms with E-state index in [1.807, 2.05) is 18.2 Å². The maximum Gasteiger partial charge on any atom is 0.244 e. The minimum absolute atomic E-state index is 0.126. The van der Waals surface area contributed by atoms with E-state index < -0.39 is 0 Å². The van der Waals surface area contributed by atoms with Gasteiger partial charge in [-0.25, -0.2) is 0 Å². The van der Waals surface area contributed by atoms with Crippen LogP contribution < -0.4 is 24.4 Å². The van der Waals surface area contributed by atoms with E-state index in [-0.39, 0.29) is 5.91 Å². The molecular formula is C23H28N2O4. The van der Waals surface area contributed by atoms with Crippen LogP contribution in [0.2, 0.25) is 0 Å². The molecule has 6 nitrogen and oxygen atoms in total. The summed E-state index contributed by atoms with van der Waals surface area (Å²) in [4.78, 5) is 14.7. The Balaban J connectivity index is 1.61. The van der Waals surface area contributed by atoms with E-state index in [9.17, 15) is 4.79 Å². The summed E-state index contributed by atoms with van der Waals surface area (Å²) in [6.45, 7) is 1.64. The van der Waals surface area contributed by atoms with Gasteiger partial charge in [0.05, 0.1) is 21.3 Å². The Morgan fingerprint density at radius 2 is 1.79 bits per heavy atom. The van der Waals surface area contributed by atoms with Crippen LogP contribution in [0.25, 0.3) is 6.08 Å². The van der Waals surface area contributed by atoms with Gasteiger partial charge in [-0.2, -0.15) is 0 Å². The molecule has 2 aromatic carbocycles. The van der Waals surface area contributed by atoms with E-state index in [1.54, 1.807) is 39.5 Å². The molecule has 1 heterocycles. The van der Waals surface area contributed by atoms with Gasteiger partial charge >= 0.3 is 0 Å². The second-order valence-corrected chi connectivity index (χ2v) is 6.86. The Hall–Kier alpha value is -3.15. The number of rotatable bonds is 8. The van der Waals surface area contributed by atoms with Crippen LogP contribution >= 0.6 is 0 Å². The predicted molar refractivity (Wildman–Crippen MR) is 115 cm³/mol. The number of methoxy groups -OCH3 is 3. The highest BCUT2D eigenvalue weighted by Crippen LogP contribution is 2.38. The molecule has 1 aliphatic rings. The number of benzene rings is 2. The first-order chi connectivity index (χ1) is 14.2. The highest BCUT2D eigenvalue weighted by atomic mass is 16.5. The van der Waals surface area contributed by atoms with Crippen molar-refractivity contribution in [2.24, 2.45) is 0 Å². The van der Waals surface area contributed by atoms with E-state index in [2.05, 4.69) is 22.3 Å². The number of para-hydroxylation sites is 1. The van der Waals surface area contributed by atoms with Gasteiger partial charge in [0.2, 0.25) is 11.7 Å². The summed E-state index contributed by atoms with van der Waals surface area (Å²) in [5.41, 5.74) is 2.00. The third kappa shape index (κ3) is 5.02. The fraction of sp³-hybridized carbons (Fsp3) is 0.348. The molecule has 0 bridgehead atoms. The Morgan fingerprint density at radius 3 is 2.41 bits per heavy atom. The lowest BCUT2D eigenvalue weighted by Crippen LogP contribution is -2.39. The van der Waals surface area contributed by atoms with Gasteiger partial charge in [-0.15, -0.1) is 0 Å². The smallest absolute Gasteiger partial charge is 0.244 e. The van der Waals surface area contributed by atoms with Crippen molar-refractivity contribution in [1.82, 2.24) is 5.32 Å². The molecular weight excluding hydrogens is 368 g/mol. The van der Waals surface area contributed by atoms with E-state index in [1.165, 1.54) is 11.8 Å². The molecule has 0 aliphatic carbocycles. The third-order valence-corrected chi connectivity index (χ3v) is 5.09. The SMILES string of the molecule is COc1cc(/C=C/C(=O)NCC2CCCN2c2ccccc2)cc(OC)c1OC. The van der Waals surface area contributed by atoms with Crippen molar-refractivity contribution in [2.75, 3.05) is 39.3 Å². The van der Waals surface area contributed by atoms with Crippen LogP contribution in [0.4, 0.5) is 5.69 Å². The van der Waals surface area contributed by atoms with Crippen molar-refractivity contribution < 1.29 is 19.0 Å². The van der Waals surface area contributed by atoms with Crippen molar-refractivity contribution in [3.8, 4) is 17.2 Å². The van der Waals surface area contributed by atoms with Crippen molar-refractivity contribution in [3.05, 3.63) is 54.1 Å². The Kier molecular flexibility index (Phi) is 7.00. The zero-order chi connectivity index (χ0) is 20.6. The van der Waals surface area contributed by atoms with Crippen LogP contribution in [0.5, 0.6) is 17.2 Å². The largest absolute Gasteiger partial charge is 0.493 e. The highest BCUT2D eigenvalue weighted by Gasteiger charge is 2.24. The van der Waals surface area contributed by atoms with Crippen molar-refractivity contribution in [1.29, 1.82) is 0 Å². The van der Waals surface area contributed by atoms with Crippen molar-refractivity contribution in [2.45, 2.75) is 18.9 Å². The molecule has 154 valence electrons. The molecule has 1 unspecified atom stereocenters. The van der Waals surface area contributed by atoms with Crippen LogP contribution in [-0.4, -0.2) is 46.4 Å². The first kappa shape index (κ1) is 20.6. The summed E-state index contributed by atoms with van der Waals surface area (Å²) < 4.78 is 16.0. The second-order valence-electron chi connectivity index (χ2n) is 6.86. The lowest BCUT2D eigenvalue weighted by atomic mass is 10.1. The summed E-state index contributed by atoms with van der Waals surface area (Å²) in [5, 5.41) is 3.02. The average Bonchev–Trinajstić information content (AvgIpc) is 3.24. The molecule has 1 saturated heterocycles. The van der Waals surface area contributed by atoms with Gasteiger partial charge in [-0.3, -0.25) is 4.79 Å². The zero-order valence-electron chi connectivity index (χ0n) is 17.2. The Bertz CT molecular complexity index is 826. The summed E-state index contributed by atoms with van der Waals surface area (Å²) in [7, 11) is 4.69. The van der Waals surface area contributed by atoms with Gasteiger partial charge in [0.25, 0.3) is 0 Å². The minimum atomic E-state index is -0.126. The van der Waals surface area contributed by atoms with Crippen molar-refractivity contribution >= 4 is 17.7 Å². The Morgan fingerprint density at radius 1 is 1.10 bits per heavy atom. The predicted octanol–water partition coefficient (Wildman–Crippen LogP) is 3.51. The second kappa shape index (κ2) is 9.87. The molecule has 1 atom stereocenters. The molecule has 29 heavy (non-hydrogen) atoms. The first-order valence-electron chi connectivity index (χ1n) is 9.74. The van der Waals surface area contributed by atoms with Gasteiger partial charge in [-0.1, -0.05) is 18.2 Å². The number of anilines is 1. The van der Waals surface area contributed by atoms with Crippen LogP contribution in [0.3, 0.4) is 0 Å². The maximum absolute atomic E-state index is 12.3. The van der Waals surface area contributed by atoms with E-state index in [0.29, 0.717) is 29.8 Å². The molecule has 0 radical (unpaired) electrons. The maximum atomic E-state index is 12.3. The van der Waals surface area contributed by atoms with Gasteiger partial charge in [-0.05, 0) is 48.7 Å². The van der Waals surface area contributed by atoms with Crippen LogP contribution in [0, 0.1) is 0 Å². The molecule has 0 aromatic heterocycles. The number of hydrogen-bond acceptors (Lipinski definition) is 5. The van der Waals surface area contributed by atoms with E-state index >= 15 is 0 Å². The number of carbonyl (C=O) groups excluding carboxylic acids is 1. The number of ether oxygens (including phenoxy) is 3. The lowest BCUT2D eigenvalue weighted by molar-refractivity contribution is -0.116. The first-order valence-corrected chi connectivity index (χ1v) is 9.74. The molecule has 0 spiro atoms. The zero-order valence-corrected chi connectivity index (χ0v) is 17.2. The lowest BCUT2D eigenvalue weighted by Gasteiger charge is -2.26. The van der Waals surface area contributed by atoms with Crippen LogP contribution in [0.15, 0.2) is 48.5 Å². The fourth-order valence-corrected chi connectivity index (χ4v) is 3.65.